The number of methoxy groups -OCH3 is 2. The molecule has 1 saturated heterocycles. The Morgan fingerprint density at radius 3 is 2.35 bits per heavy atom. The van der Waals surface area contributed by atoms with Gasteiger partial charge in [0.25, 0.3) is 10.0 Å². The van der Waals surface area contributed by atoms with Crippen LogP contribution < -0.4 is 10.0 Å². The zero-order valence-corrected chi connectivity index (χ0v) is 28.6. The number of pyridine rings is 1. The van der Waals surface area contributed by atoms with Gasteiger partial charge in [0.15, 0.2) is 5.82 Å². The minimum absolute atomic E-state index is 0.0523. The summed E-state index contributed by atoms with van der Waals surface area (Å²) in [5.41, 5.74) is 0.532. The number of rotatable bonds is 11. The lowest BCUT2D eigenvalue weighted by molar-refractivity contribution is -0.0113. The molecule has 0 bridgehead atoms. The van der Waals surface area contributed by atoms with Gasteiger partial charge in [-0.3, -0.25) is 9.40 Å². The topological polar surface area (TPSA) is 111 Å². The maximum atomic E-state index is 16.5. The first-order valence-corrected chi connectivity index (χ1v) is 17.0. The molecule has 2 unspecified atom stereocenters. The van der Waals surface area contributed by atoms with E-state index in [-0.39, 0.29) is 28.3 Å². The summed E-state index contributed by atoms with van der Waals surface area (Å²) in [6, 6.07) is 11.3. The van der Waals surface area contributed by atoms with E-state index in [0.29, 0.717) is 17.1 Å². The zero-order chi connectivity index (χ0) is 34.8. The second-order valence-electron chi connectivity index (χ2n) is 12.9. The van der Waals surface area contributed by atoms with Crippen molar-refractivity contribution in [2.45, 2.75) is 62.8 Å². The molecule has 0 radical (unpaired) electrons. The Bertz CT molecular complexity index is 1860. The van der Waals surface area contributed by atoms with Gasteiger partial charge in [-0.1, -0.05) is 18.2 Å². The molecule has 0 amide bonds. The molecular formula is C34H41F3N6O4S. The summed E-state index contributed by atoms with van der Waals surface area (Å²) in [5.74, 6) is -0.260. The van der Waals surface area contributed by atoms with Gasteiger partial charge in [-0.2, -0.15) is 5.10 Å². The van der Waals surface area contributed by atoms with Crippen molar-refractivity contribution < 1.29 is 31.1 Å². The van der Waals surface area contributed by atoms with Crippen LogP contribution in [0.1, 0.15) is 63.5 Å². The van der Waals surface area contributed by atoms with Crippen LogP contribution in [0.5, 0.6) is 0 Å². The van der Waals surface area contributed by atoms with Crippen molar-refractivity contribution in [3.05, 3.63) is 77.9 Å². The summed E-state index contributed by atoms with van der Waals surface area (Å²) in [7, 11) is -0.435. The fraction of sp³-hybridized carbons (Fsp3) is 0.412. The predicted molar refractivity (Wildman–Crippen MR) is 179 cm³/mol. The van der Waals surface area contributed by atoms with Gasteiger partial charge in [-0.15, -0.1) is 0 Å². The van der Waals surface area contributed by atoms with Crippen LogP contribution in [0.2, 0.25) is 0 Å². The number of alkyl halides is 2. The van der Waals surface area contributed by atoms with Gasteiger partial charge >= 0.3 is 0 Å². The maximum absolute atomic E-state index is 16.5. The van der Waals surface area contributed by atoms with Gasteiger partial charge in [-0.05, 0) is 89.6 Å². The third kappa shape index (κ3) is 7.83. The number of ether oxygens (including phenoxy) is 2. The summed E-state index contributed by atoms with van der Waals surface area (Å²) in [6.45, 7) is 7.82. The number of piperidine rings is 1. The number of anilines is 2. The van der Waals surface area contributed by atoms with Crippen molar-refractivity contribution in [2.24, 2.45) is 0 Å². The minimum Gasteiger partial charge on any atom is -0.365 e. The van der Waals surface area contributed by atoms with Crippen LogP contribution in [0.3, 0.4) is 0 Å². The Kier molecular flexibility index (Phi) is 10.5. The Hall–Kier alpha value is -3.98. The van der Waals surface area contributed by atoms with Crippen LogP contribution in [0, 0.1) is 5.82 Å². The van der Waals surface area contributed by atoms with Gasteiger partial charge in [0.1, 0.15) is 11.5 Å². The number of nitrogens with one attached hydrogen (secondary N) is 2. The predicted octanol–water partition coefficient (Wildman–Crippen LogP) is 7.26. The van der Waals surface area contributed by atoms with Crippen molar-refractivity contribution in [3.63, 3.8) is 0 Å². The van der Waals surface area contributed by atoms with E-state index in [4.69, 9.17) is 9.84 Å². The van der Waals surface area contributed by atoms with Crippen LogP contribution in [-0.2, 0) is 19.5 Å². The highest BCUT2D eigenvalue weighted by Crippen LogP contribution is 2.38. The molecule has 48 heavy (non-hydrogen) atoms. The second kappa shape index (κ2) is 14.2. The van der Waals surface area contributed by atoms with Crippen LogP contribution in [0.4, 0.5) is 24.7 Å². The lowest BCUT2D eigenvalue weighted by atomic mass is 10.0. The third-order valence-corrected chi connectivity index (χ3v) is 9.54. The number of likely N-dealkylation sites (tertiary alicyclic amines) is 1. The van der Waals surface area contributed by atoms with E-state index in [1.54, 1.807) is 6.20 Å². The fourth-order valence-corrected chi connectivity index (χ4v) is 6.99. The Labute approximate surface area is 279 Å². The highest BCUT2D eigenvalue weighted by atomic mass is 32.2. The molecule has 1 fully saturated rings. The lowest BCUT2D eigenvalue weighted by Crippen LogP contribution is -2.31. The molecule has 2 N–H and O–H groups in total. The van der Waals surface area contributed by atoms with Crippen molar-refractivity contribution >= 4 is 21.5 Å². The number of hydrogen-bond donors (Lipinski definition) is 2. The Balaban J connectivity index is 1.59. The van der Waals surface area contributed by atoms with Crippen LogP contribution in [0.25, 0.3) is 22.4 Å². The van der Waals surface area contributed by atoms with Gasteiger partial charge in [0.2, 0.25) is 12.7 Å². The van der Waals surface area contributed by atoms with Crippen molar-refractivity contribution in [1.82, 2.24) is 19.7 Å². The summed E-state index contributed by atoms with van der Waals surface area (Å²) in [5, 5.41) is 8.23. The smallest absolute Gasteiger partial charge is 0.262 e. The Morgan fingerprint density at radius 1 is 0.979 bits per heavy atom. The Morgan fingerprint density at radius 2 is 1.69 bits per heavy atom. The summed E-state index contributed by atoms with van der Waals surface area (Å²) >= 11 is 0. The normalized spacial score (nSPS) is 16.1. The number of nitrogens with zero attached hydrogens (tertiary/aromatic N) is 4. The van der Waals surface area contributed by atoms with E-state index >= 15 is 4.39 Å². The molecule has 3 heterocycles. The molecular weight excluding hydrogens is 645 g/mol. The van der Waals surface area contributed by atoms with Gasteiger partial charge in [0, 0.05) is 54.4 Å². The van der Waals surface area contributed by atoms with E-state index in [1.165, 1.54) is 24.3 Å². The SMILES string of the molecule is COC(F)c1ccc(C(F)OC)c(S(=O)(=O)Nc2cccc(-c3nn(C4CCN(C)CC4)cc3-c3ccnc(NC(C)(C)C)c3)c2F)c1. The van der Waals surface area contributed by atoms with Crippen LogP contribution in [0.15, 0.2) is 65.8 Å². The highest BCUT2D eigenvalue weighted by molar-refractivity contribution is 7.92. The average Bonchev–Trinajstić information content (AvgIpc) is 3.49. The first-order valence-electron chi connectivity index (χ1n) is 15.5. The monoisotopic (exact) mass is 686 g/mol. The summed E-state index contributed by atoms with van der Waals surface area (Å²) in [6.07, 6.45) is 1.15. The molecule has 4 aromatic rings. The van der Waals surface area contributed by atoms with Gasteiger partial charge < -0.3 is 19.7 Å². The first kappa shape index (κ1) is 35.3. The largest absolute Gasteiger partial charge is 0.365 e. The number of halogens is 3. The van der Waals surface area contributed by atoms with Crippen LogP contribution in [-0.4, -0.2) is 68.0 Å². The molecule has 258 valence electrons. The molecule has 2 aromatic heterocycles. The molecule has 14 heteroatoms. The average molecular weight is 687 g/mol. The zero-order valence-electron chi connectivity index (χ0n) is 27.8. The van der Waals surface area contributed by atoms with Gasteiger partial charge in [0.05, 0.1) is 16.6 Å². The molecule has 1 aliphatic rings. The standard InChI is InChI=1S/C34H41F3N6O4S/c1-34(2,3)39-29-19-21(12-15-38-29)26-20-43(23-13-16-42(4)17-14-23)40-31(26)25-8-7-9-27(30(25)35)41-48(44,45)28-18-22(32(36)46-5)10-11-24(28)33(37)47-6/h7-12,15,18-20,23,32-33,41H,13-14,16-17H2,1-6H3,(H,38,39). The van der Waals surface area contributed by atoms with Crippen molar-refractivity contribution in [3.8, 4) is 22.4 Å². The number of aromatic nitrogens is 3. The van der Waals surface area contributed by atoms with E-state index in [2.05, 4.69) is 31.7 Å². The summed E-state index contributed by atoms with van der Waals surface area (Å²) in [4.78, 5) is 6.06. The lowest BCUT2D eigenvalue weighted by Gasteiger charge is -2.29. The molecule has 0 aliphatic carbocycles. The maximum Gasteiger partial charge on any atom is 0.262 e. The van der Waals surface area contributed by atoms with E-state index < -0.39 is 39.1 Å². The molecule has 0 saturated carbocycles. The van der Waals surface area contributed by atoms with Crippen molar-refractivity contribution in [2.75, 3.05) is 44.4 Å². The minimum atomic E-state index is -4.67. The molecule has 2 atom stereocenters. The third-order valence-electron chi connectivity index (χ3n) is 8.11. The molecule has 2 aromatic carbocycles. The summed E-state index contributed by atoms with van der Waals surface area (Å²) < 4.78 is 86.5. The molecule has 1 aliphatic heterocycles. The van der Waals surface area contributed by atoms with E-state index in [0.717, 1.165) is 57.8 Å². The quantitative estimate of drug-likeness (QED) is 0.170. The highest BCUT2D eigenvalue weighted by Gasteiger charge is 2.29. The first-order chi connectivity index (χ1) is 22.7. The van der Waals surface area contributed by atoms with Crippen LogP contribution >= 0.6 is 0 Å². The van der Waals surface area contributed by atoms with E-state index in [1.807, 2.05) is 43.8 Å². The molecule has 0 spiro atoms. The number of hydrogen-bond acceptors (Lipinski definition) is 8. The van der Waals surface area contributed by atoms with Crippen molar-refractivity contribution in [1.29, 1.82) is 0 Å². The number of benzene rings is 2. The number of sulfonamides is 1. The second-order valence-corrected chi connectivity index (χ2v) is 14.5. The molecule has 10 nitrogen and oxygen atoms in total. The van der Waals surface area contributed by atoms with Gasteiger partial charge in [-0.25, -0.2) is 26.6 Å². The molecule has 5 rings (SSSR count). The fourth-order valence-electron chi connectivity index (χ4n) is 5.67. The van der Waals surface area contributed by atoms with E-state index in [9.17, 15) is 17.2 Å².